The SMILES string of the molecule is Nc1cccc2c1CCN(C(=O)c1cc(Cl)ccc1F)C2. The molecule has 108 valence electrons. The molecule has 3 nitrogen and oxygen atoms in total. The first-order valence-electron chi connectivity index (χ1n) is 6.67. The van der Waals surface area contributed by atoms with Gasteiger partial charge in [-0.3, -0.25) is 4.79 Å². The van der Waals surface area contributed by atoms with Gasteiger partial charge in [0.2, 0.25) is 0 Å². The molecule has 0 saturated heterocycles. The molecule has 21 heavy (non-hydrogen) atoms. The van der Waals surface area contributed by atoms with Gasteiger partial charge < -0.3 is 10.6 Å². The molecular weight excluding hydrogens is 291 g/mol. The molecule has 0 bridgehead atoms. The van der Waals surface area contributed by atoms with Gasteiger partial charge in [0.05, 0.1) is 5.56 Å². The molecule has 0 radical (unpaired) electrons. The first-order valence-corrected chi connectivity index (χ1v) is 7.04. The van der Waals surface area contributed by atoms with Gasteiger partial charge in [-0.15, -0.1) is 0 Å². The summed E-state index contributed by atoms with van der Waals surface area (Å²) in [6.45, 7) is 0.956. The standard InChI is InChI=1S/C16H14ClFN2O/c17-11-4-5-14(18)13(8-11)16(21)20-7-6-12-10(9-20)2-1-3-15(12)19/h1-5,8H,6-7,9,19H2. The number of rotatable bonds is 1. The highest BCUT2D eigenvalue weighted by Crippen LogP contribution is 2.26. The van der Waals surface area contributed by atoms with Crippen molar-refractivity contribution in [3.8, 4) is 0 Å². The Morgan fingerprint density at radius 2 is 2.10 bits per heavy atom. The van der Waals surface area contributed by atoms with E-state index in [-0.39, 0.29) is 11.5 Å². The van der Waals surface area contributed by atoms with Crippen molar-refractivity contribution in [3.05, 3.63) is 63.9 Å². The molecule has 0 fully saturated rings. The molecule has 5 heteroatoms. The van der Waals surface area contributed by atoms with Crippen molar-refractivity contribution in [2.24, 2.45) is 0 Å². The van der Waals surface area contributed by atoms with E-state index < -0.39 is 5.82 Å². The lowest BCUT2D eigenvalue weighted by Crippen LogP contribution is -2.36. The van der Waals surface area contributed by atoms with E-state index in [0.29, 0.717) is 24.5 Å². The maximum absolute atomic E-state index is 13.8. The van der Waals surface area contributed by atoms with Gasteiger partial charge in [-0.2, -0.15) is 0 Å². The Hall–Kier alpha value is -2.07. The highest BCUT2D eigenvalue weighted by Gasteiger charge is 2.24. The second-order valence-corrected chi connectivity index (χ2v) is 5.52. The average Bonchev–Trinajstić information content (AvgIpc) is 2.49. The molecule has 0 aromatic heterocycles. The van der Waals surface area contributed by atoms with Crippen LogP contribution in [0.15, 0.2) is 36.4 Å². The van der Waals surface area contributed by atoms with E-state index in [9.17, 15) is 9.18 Å². The molecule has 3 rings (SSSR count). The zero-order valence-corrected chi connectivity index (χ0v) is 12.0. The van der Waals surface area contributed by atoms with E-state index in [1.807, 2.05) is 18.2 Å². The molecule has 2 aromatic carbocycles. The lowest BCUT2D eigenvalue weighted by Gasteiger charge is -2.29. The maximum atomic E-state index is 13.8. The maximum Gasteiger partial charge on any atom is 0.257 e. The lowest BCUT2D eigenvalue weighted by atomic mass is 9.97. The third-order valence-corrected chi connectivity index (χ3v) is 3.98. The number of fused-ring (bicyclic) bond motifs is 1. The van der Waals surface area contributed by atoms with Crippen LogP contribution in [0.2, 0.25) is 5.02 Å². The van der Waals surface area contributed by atoms with Crippen LogP contribution in [0, 0.1) is 5.82 Å². The number of nitrogen functional groups attached to an aromatic ring is 1. The number of carbonyl (C=O) groups is 1. The van der Waals surface area contributed by atoms with Crippen LogP contribution in [0.25, 0.3) is 0 Å². The van der Waals surface area contributed by atoms with Crippen LogP contribution in [-0.2, 0) is 13.0 Å². The monoisotopic (exact) mass is 304 g/mol. The first kappa shape index (κ1) is 13.9. The summed E-state index contributed by atoms with van der Waals surface area (Å²) in [7, 11) is 0. The van der Waals surface area contributed by atoms with Crippen LogP contribution in [-0.4, -0.2) is 17.4 Å². The number of halogens is 2. The largest absolute Gasteiger partial charge is 0.398 e. The normalized spacial score (nSPS) is 13.9. The second-order valence-electron chi connectivity index (χ2n) is 5.09. The molecule has 1 heterocycles. The molecule has 0 saturated carbocycles. The molecule has 2 N–H and O–H groups in total. The zero-order chi connectivity index (χ0) is 15.0. The molecule has 1 aliphatic rings. The smallest absolute Gasteiger partial charge is 0.257 e. The van der Waals surface area contributed by atoms with E-state index in [4.69, 9.17) is 17.3 Å². The fraction of sp³-hybridized carbons (Fsp3) is 0.188. The molecule has 0 spiro atoms. The zero-order valence-electron chi connectivity index (χ0n) is 11.3. The summed E-state index contributed by atoms with van der Waals surface area (Å²) in [6, 6.07) is 9.67. The minimum absolute atomic E-state index is 0.00912. The van der Waals surface area contributed by atoms with Gasteiger partial charge in [0.1, 0.15) is 5.82 Å². The van der Waals surface area contributed by atoms with Gasteiger partial charge in [-0.25, -0.2) is 4.39 Å². The quantitative estimate of drug-likeness (QED) is 0.822. The Morgan fingerprint density at radius 3 is 2.90 bits per heavy atom. The van der Waals surface area contributed by atoms with Crippen molar-refractivity contribution in [2.75, 3.05) is 12.3 Å². The number of hydrogen-bond donors (Lipinski definition) is 1. The Bertz CT molecular complexity index is 717. The molecule has 0 aliphatic carbocycles. The summed E-state index contributed by atoms with van der Waals surface area (Å²) in [5.41, 5.74) is 8.78. The van der Waals surface area contributed by atoms with Crippen molar-refractivity contribution in [1.29, 1.82) is 0 Å². The van der Waals surface area contributed by atoms with Gasteiger partial charge >= 0.3 is 0 Å². The number of amides is 1. The predicted molar refractivity (Wildman–Crippen MR) is 80.7 cm³/mol. The predicted octanol–water partition coefficient (Wildman–Crippen LogP) is 3.26. The van der Waals surface area contributed by atoms with E-state index in [1.165, 1.54) is 18.2 Å². The highest BCUT2D eigenvalue weighted by atomic mass is 35.5. The van der Waals surface area contributed by atoms with Gasteiger partial charge in [-0.1, -0.05) is 23.7 Å². The molecular formula is C16H14ClFN2O. The van der Waals surface area contributed by atoms with E-state index in [2.05, 4.69) is 0 Å². The molecule has 1 aliphatic heterocycles. The van der Waals surface area contributed by atoms with E-state index in [1.54, 1.807) is 4.90 Å². The Morgan fingerprint density at radius 1 is 1.29 bits per heavy atom. The topological polar surface area (TPSA) is 46.3 Å². The minimum Gasteiger partial charge on any atom is -0.398 e. The van der Waals surface area contributed by atoms with Gasteiger partial charge in [0.25, 0.3) is 5.91 Å². The van der Waals surface area contributed by atoms with Crippen molar-refractivity contribution in [3.63, 3.8) is 0 Å². The fourth-order valence-electron chi connectivity index (χ4n) is 2.64. The average molecular weight is 305 g/mol. The minimum atomic E-state index is -0.553. The molecule has 0 atom stereocenters. The summed E-state index contributed by atoms with van der Waals surface area (Å²) in [5, 5.41) is 0.349. The van der Waals surface area contributed by atoms with Crippen molar-refractivity contribution in [1.82, 2.24) is 4.90 Å². The number of benzene rings is 2. The number of hydrogen-bond acceptors (Lipinski definition) is 2. The van der Waals surface area contributed by atoms with E-state index in [0.717, 1.165) is 16.8 Å². The summed E-state index contributed by atoms with van der Waals surface area (Å²) in [4.78, 5) is 14.1. The van der Waals surface area contributed by atoms with Gasteiger partial charge in [-0.05, 0) is 41.8 Å². The highest BCUT2D eigenvalue weighted by molar-refractivity contribution is 6.31. The van der Waals surface area contributed by atoms with Gasteiger partial charge in [0, 0.05) is 23.8 Å². The van der Waals surface area contributed by atoms with Crippen LogP contribution in [0.4, 0.5) is 10.1 Å². The Labute approximate surface area is 127 Å². The van der Waals surface area contributed by atoms with Crippen LogP contribution in [0.3, 0.4) is 0 Å². The summed E-state index contributed by atoms with van der Waals surface area (Å²) >= 11 is 5.85. The van der Waals surface area contributed by atoms with Crippen LogP contribution >= 0.6 is 11.6 Å². The van der Waals surface area contributed by atoms with Crippen LogP contribution in [0.5, 0.6) is 0 Å². The van der Waals surface area contributed by atoms with Crippen molar-refractivity contribution < 1.29 is 9.18 Å². The number of anilines is 1. The third-order valence-electron chi connectivity index (χ3n) is 3.75. The van der Waals surface area contributed by atoms with Crippen LogP contribution in [0.1, 0.15) is 21.5 Å². The van der Waals surface area contributed by atoms with Crippen molar-refractivity contribution >= 4 is 23.2 Å². The van der Waals surface area contributed by atoms with Crippen LogP contribution < -0.4 is 5.73 Å². The van der Waals surface area contributed by atoms with Gasteiger partial charge in [0.15, 0.2) is 0 Å². The summed E-state index contributed by atoms with van der Waals surface area (Å²) < 4.78 is 13.8. The Balaban J connectivity index is 1.89. The third kappa shape index (κ3) is 2.59. The lowest BCUT2D eigenvalue weighted by molar-refractivity contribution is 0.0730. The summed E-state index contributed by atoms with van der Waals surface area (Å²) in [6.07, 6.45) is 0.677. The van der Waals surface area contributed by atoms with Crippen molar-refractivity contribution in [2.45, 2.75) is 13.0 Å². The van der Waals surface area contributed by atoms with E-state index >= 15 is 0 Å². The molecule has 0 unspecified atom stereocenters. The summed E-state index contributed by atoms with van der Waals surface area (Å²) in [5.74, 6) is -0.897. The number of nitrogens with two attached hydrogens (primary N) is 1. The first-order chi connectivity index (χ1) is 10.1. The number of nitrogens with zero attached hydrogens (tertiary/aromatic N) is 1. The fourth-order valence-corrected chi connectivity index (χ4v) is 2.82. The second kappa shape index (κ2) is 5.37. The molecule has 1 amide bonds. The number of carbonyl (C=O) groups excluding carboxylic acids is 1. The molecule has 2 aromatic rings. The Kier molecular flexibility index (Phi) is 3.55.